The number of amides is 2. The first-order valence-electron chi connectivity index (χ1n) is 9.36. The van der Waals surface area contributed by atoms with Gasteiger partial charge in [-0.15, -0.1) is 0 Å². The number of hydrogen-bond acceptors (Lipinski definition) is 3. The molecule has 0 unspecified atom stereocenters. The summed E-state index contributed by atoms with van der Waals surface area (Å²) in [6.07, 6.45) is 0. The van der Waals surface area contributed by atoms with Crippen LogP contribution in [0.5, 0.6) is 5.75 Å². The predicted octanol–water partition coefficient (Wildman–Crippen LogP) is 4.49. The van der Waals surface area contributed by atoms with Gasteiger partial charge in [0.2, 0.25) is 0 Å². The van der Waals surface area contributed by atoms with Crippen molar-refractivity contribution in [2.75, 3.05) is 12.4 Å². The average Bonchev–Trinajstić information content (AvgIpc) is 2.74. The van der Waals surface area contributed by atoms with Gasteiger partial charge >= 0.3 is 0 Å². The lowest BCUT2D eigenvalue weighted by Gasteiger charge is -2.11. The van der Waals surface area contributed by atoms with Crippen LogP contribution in [-0.4, -0.2) is 18.9 Å². The summed E-state index contributed by atoms with van der Waals surface area (Å²) in [7, 11) is 1.60. The van der Waals surface area contributed by atoms with E-state index in [4.69, 9.17) is 4.74 Å². The lowest BCUT2D eigenvalue weighted by molar-refractivity contribution is 0.0950. The minimum absolute atomic E-state index is 0.253. The number of hydrogen-bond donors (Lipinski definition) is 2. The van der Waals surface area contributed by atoms with Crippen molar-refractivity contribution >= 4 is 17.5 Å². The zero-order valence-electron chi connectivity index (χ0n) is 16.8. The van der Waals surface area contributed by atoms with Crippen molar-refractivity contribution in [3.63, 3.8) is 0 Å². The maximum absolute atomic E-state index is 12.6. The van der Waals surface area contributed by atoms with Crippen LogP contribution >= 0.6 is 0 Å². The third kappa shape index (κ3) is 5.02. The van der Waals surface area contributed by atoms with Gasteiger partial charge in [-0.2, -0.15) is 0 Å². The molecule has 0 aliphatic carbocycles. The van der Waals surface area contributed by atoms with Crippen molar-refractivity contribution in [3.8, 4) is 5.75 Å². The fourth-order valence-corrected chi connectivity index (χ4v) is 2.95. The molecule has 0 aliphatic rings. The van der Waals surface area contributed by atoms with Crippen LogP contribution in [0, 0.1) is 13.8 Å². The second kappa shape index (κ2) is 9.06. The molecular weight excluding hydrogens is 364 g/mol. The monoisotopic (exact) mass is 388 g/mol. The second-order valence-electron chi connectivity index (χ2n) is 6.83. The van der Waals surface area contributed by atoms with Crippen molar-refractivity contribution in [2.45, 2.75) is 20.4 Å². The fourth-order valence-electron chi connectivity index (χ4n) is 2.95. The molecule has 0 radical (unpaired) electrons. The number of aryl methyl sites for hydroxylation is 2. The molecule has 3 aromatic rings. The number of nitrogens with one attached hydrogen (secondary N) is 2. The average molecular weight is 388 g/mol. The minimum atomic E-state index is -0.257. The Hall–Kier alpha value is -3.60. The number of methoxy groups -OCH3 is 1. The molecular formula is C24H24N2O3. The van der Waals surface area contributed by atoms with Crippen LogP contribution in [0.4, 0.5) is 5.69 Å². The van der Waals surface area contributed by atoms with Crippen molar-refractivity contribution < 1.29 is 14.3 Å². The van der Waals surface area contributed by atoms with Gasteiger partial charge in [-0.3, -0.25) is 9.59 Å². The van der Waals surface area contributed by atoms with Gasteiger partial charge < -0.3 is 15.4 Å². The molecule has 5 heteroatoms. The molecule has 3 rings (SSSR count). The van der Waals surface area contributed by atoms with Gasteiger partial charge in [0, 0.05) is 28.9 Å². The SMILES string of the molecule is COc1ccccc1CNC(=O)c1cccc(C(=O)Nc2ccc(C)c(C)c2)c1. The van der Waals surface area contributed by atoms with E-state index in [1.54, 1.807) is 31.4 Å². The molecule has 0 aliphatic heterocycles. The smallest absolute Gasteiger partial charge is 0.255 e. The van der Waals surface area contributed by atoms with E-state index in [9.17, 15) is 9.59 Å². The number of ether oxygens (including phenoxy) is 1. The van der Waals surface area contributed by atoms with Crippen LogP contribution in [-0.2, 0) is 6.54 Å². The quantitative estimate of drug-likeness (QED) is 0.654. The van der Waals surface area contributed by atoms with E-state index in [2.05, 4.69) is 10.6 Å². The lowest BCUT2D eigenvalue weighted by atomic mass is 10.1. The predicted molar refractivity (Wildman–Crippen MR) is 114 cm³/mol. The number of anilines is 1. The molecule has 5 nitrogen and oxygen atoms in total. The van der Waals surface area contributed by atoms with Gasteiger partial charge in [0.05, 0.1) is 7.11 Å². The van der Waals surface area contributed by atoms with Gasteiger partial charge in [-0.05, 0) is 61.4 Å². The fraction of sp³-hybridized carbons (Fsp3) is 0.167. The highest BCUT2D eigenvalue weighted by Crippen LogP contribution is 2.18. The topological polar surface area (TPSA) is 67.4 Å². The molecule has 29 heavy (non-hydrogen) atoms. The Bertz CT molecular complexity index is 1040. The molecule has 0 fully saturated rings. The molecule has 148 valence electrons. The molecule has 2 N–H and O–H groups in total. The Balaban J connectivity index is 1.68. The molecule has 0 saturated carbocycles. The van der Waals surface area contributed by atoms with Gasteiger partial charge in [0.1, 0.15) is 5.75 Å². The van der Waals surface area contributed by atoms with Crippen LogP contribution in [0.15, 0.2) is 66.7 Å². The van der Waals surface area contributed by atoms with E-state index < -0.39 is 0 Å². The summed E-state index contributed by atoms with van der Waals surface area (Å²) in [6, 6.07) is 19.9. The van der Waals surface area contributed by atoms with Crippen LogP contribution in [0.2, 0.25) is 0 Å². The van der Waals surface area contributed by atoms with E-state index in [-0.39, 0.29) is 11.8 Å². The van der Waals surface area contributed by atoms with E-state index in [1.807, 2.05) is 56.3 Å². The standard InChI is InChI=1S/C24H24N2O3/c1-16-11-12-21(13-17(16)2)26-24(28)19-9-6-8-18(14-19)23(27)25-15-20-7-4-5-10-22(20)29-3/h4-14H,15H2,1-3H3,(H,25,27)(H,26,28). The van der Waals surface area contributed by atoms with Crippen LogP contribution in [0.3, 0.4) is 0 Å². The molecule has 0 heterocycles. The van der Waals surface area contributed by atoms with E-state index >= 15 is 0 Å². The summed E-state index contributed by atoms with van der Waals surface area (Å²) in [5.74, 6) is 0.207. The van der Waals surface area contributed by atoms with Crippen molar-refractivity contribution in [2.24, 2.45) is 0 Å². The number of carbonyl (C=O) groups excluding carboxylic acids is 2. The molecule has 2 amide bonds. The van der Waals surface area contributed by atoms with Gasteiger partial charge in [0.15, 0.2) is 0 Å². The highest BCUT2D eigenvalue weighted by atomic mass is 16.5. The summed E-state index contributed by atoms with van der Waals surface area (Å²) >= 11 is 0. The first-order valence-corrected chi connectivity index (χ1v) is 9.36. The Morgan fingerprint density at radius 1 is 0.828 bits per heavy atom. The maximum atomic E-state index is 12.6. The lowest BCUT2D eigenvalue weighted by Crippen LogP contribution is -2.23. The molecule has 0 atom stereocenters. The summed E-state index contributed by atoms with van der Waals surface area (Å²) < 4.78 is 5.30. The van der Waals surface area contributed by atoms with Crippen LogP contribution in [0.1, 0.15) is 37.4 Å². The van der Waals surface area contributed by atoms with Gasteiger partial charge in [-0.25, -0.2) is 0 Å². The van der Waals surface area contributed by atoms with E-state index in [0.717, 1.165) is 22.4 Å². The molecule has 0 bridgehead atoms. The minimum Gasteiger partial charge on any atom is -0.496 e. The Morgan fingerprint density at radius 3 is 2.28 bits per heavy atom. The van der Waals surface area contributed by atoms with Crippen molar-refractivity contribution in [1.29, 1.82) is 0 Å². The molecule has 3 aromatic carbocycles. The Kier molecular flexibility index (Phi) is 6.29. The van der Waals surface area contributed by atoms with Crippen LogP contribution in [0.25, 0.3) is 0 Å². The highest BCUT2D eigenvalue weighted by Gasteiger charge is 2.12. The molecule has 0 aromatic heterocycles. The van der Waals surface area contributed by atoms with E-state index in [1.165, 1.54) is 0 Å². The van der Waals surface area contributed by atoms with Gasteiger partial charge in [0.25, 0.3) is 11.8 Å². The van der Waals surface area contributed by atoms with Crippen molar-refractivity contribution in [1.82, 2.24) is 5.32 Å². The second-order valence-corrected chi connectivity index (χ2v) is 6.83. The normalized spacial score (nSPS) is 10.3. The van der Waals surface area contributed by atoms with E-state index in [0.29, 0.717) is 23.4 Å². The summed E-state index contributed by atoms with van der Waals surface area (Å²) in [6.45, 7) is 4.35. The Morgan fingerprint density at radius 2 is 1.55 bits per heavy atom. The summed E-state index contributed by atoms with van der Waals surface area (Å²) in [5.41, 5.74) is 4.72. The van der Waals surface area contributed by atoms with Gasteiger partial charge in [-0.1, -0.05) is 30.3 Å². The number of carbonyl (C=O) groups is 2. The molecule has 0 spiro atoms. The summed E-state index contributed by atoms with van der Waals surface area (Å²) in [5, 5.41) is 5.75. The number of para-hydroxylation sites is 1. The Labute approximate surface area is 170 Å². The molecule has 0 saturated heterocycles. The van der Waals surface area contributed by atoms with Crippen LogP contribution < -0.4 is 15.4 Å². The first-order chi connectivity index (χ1) is 14.0. The number of rotatable bonds is 6. The highest BCUT2D eigenvalue weighted by molar-refractivity contribution is 6.06. The number of benzene rings is 3. The summed E-state index contributed by atoms with van der Waals surface area (Å²) in [4.78, 5) is 25.1. The maximum Gasteiger partial charge on any atom is 0.255 e. The zero-order valence-corrected chi connectivity index (χ0v) is 16.8. The third-order valence-corrected chi connectivity index (χ3v) is 4.78. The zero-order chi connectivity index (χ0) is 20.8. The third-order valence-electron chi connectivity index (χ3n) is 4.78. The first kappa shape index (κ1) is 20.1. The largest absolute Gasteiger partial charge is 0.496 e. The van der Waals surface area contributed by atoms with Crippen molar-refractivity contribution in [3.05, 3.63) is 94.5 Å².